The molecule has 0 saturated carbocycles. The Bertz CT molecular complexity index is 999. The number of benzene rings is 3. The van der Waals surface area contributed by atoms with E-state index in [4.69, 9.17) is 9.47 Å². The van der Waals surface area contributed by atoms with Crippen LogP contribution in [0.3, 0.4) is 0 Å². The fourth-order valence-electron chi connectivity index (χ4n) is 3.52. The molecule has 0 radical (unpaired) electrons. The van der Waals surface area contributed by atoms with Crippen LogP contribution in [-0.4, -0.2) is 31.6 Å². The van der Waals surface area contributed by atoms with Crippen LogP contribution >= 0.6 is 0 Å². The third-order valence-corrected chi connectivity index (χ3v) is 5.07. The quantitative estimate of drug-likeness (QED) is 0.405. The van der Waals surface area contributed by atoms with E-state index in [1.54, 1.807) is 0 Å². The van der Waals surface area contributed by atoms with E-state index in [0.29, 0.717) is 13.0 Å². The molecule has 0 aliphatic carbocycles. The van der Waals surface area contributed by atoms with Gasteiger partial charge in [0.15, 0.2) is 11.5 Å². The molecule has 0 atom stereocenters. The smallest absolute Gasteiger partial charge is 0.286 e. The Balaban J connectivity index is 1.79. The third kappa shape index (κ3) is 5.19. The first kappa shape index (κ1) is 21.8. The summed E-state index contributed by atoms with van der Waals surface area (Å²) in [6, 6.07) is 22.6. The Kier molecular flexibility index (Phi) is 7.22. The van der Waals surface area contributed by atoms with E-state index >= 15 is 0 Å². The van der Waals surface area contributed by atoms with Gasteiger partial charge in [-0.25, -0.2) is 0 Å². The molecular weight excluding hydrogens is 396 g/mol. The van der Waals surface area contributed by atoms with Crippen molar-refractivity contribution in [3.63, 3.8) is 0 Å². The molecule has 7 nitrogen and oxygen atoms in total. The number of hydrogen-bond donors (Lipinski definition) is 1. The molecule has 0 aliphatic rings. The zero-order chi connectivity index (χ0) is 22.2. The van der Waals surface area contributed by atoms with Gasteiger partial charge in [-0.1, -0.05) is 60.7 Å². The lowest BCUT2D eigenvalue weighted by Gasteiger charge is -2.18. The molecule has 0 unspecified atom stereocenters. The average Bonchev–Trinajstić information content (AvgIpc) is 2.81. The summed E-state index contributed by atoms with van der Waals surface area (Å²) in [5.41, 5.74) is 1.87. The van der Waals surface area contributed by atoms with Crippen molar-refractivity contribution in [1.82, 2.24) is 5.32 Å². The van der Waals surface area contributed by atoms with Gasteiger partial charge >= 0.3 is 0 Å². The lowest BCUT2D eigenvalue weighted by molar-refractivity contribution is -0.385. The standard InChI is InChI=1S/C24H24N2O5/c1-30-22-15-20(21(26(28)29)16-23(22)31-2)24(27)25-14-13-19(17-9-5-3-6-10-17)18-11-7-4-8-12-18/h3-12,15-16,19H,13-14H2,1-2H3,(H,25,27). The van der Waals surface area contributed by atoms with E-state index in [9.17, 15) is 14.9 Å². The van der Waals surface area contributed by atoms with Crippen molar-refractivity contribution in [1.29, 1.82) is 0 Å². The van der Waals surface area contributed by atoms with Crippen LogP contribution in [0.4, 0.5) is 5.69 Å². The van der Waals surface area contributed by atoms with Crippen LogP contribution in [0.2, 0.25) is 0 Å². The molecule has 0 aliphatic heterocycles. The number of methoxy groups -OCH3 is 2. The minimum Gasteiger partial charge on any atom is -0.493 e. The highest BCUT2D eigenvalue weighted by Crippen LogP contribution is 2.34. The maximum Gasteiger partial charge on any atom is 0.286 e. The number of rotatable bonds is 9. The highest BCUT2D eigenvalue weighted by molar-refractivity contribution is 5.99. The lowest BCUT2D eigenvalue weighted by atomic mass is 9.88. The van der Waals surface area contributed by atoms with E-state index in [2.05, 4.69) is 29.6 Å². The number of amides is 1. The Morgan fingerprint density at radius 2 is 1.45 bits per heavy atom. The molecular formula is C24H24N2O5. The van der Waals surface area contributed by atoms with Crippen LogP contribution in [0, 0.1) is 10.1 Å². The molecule has 160 valence electrons. The van der Waals surface area contributed by atoms with Crippen LogP contribution in [0.5, 0.6) is 11.5 Å². The summed E-state index contributed by atoms with van der Waals surface area (Å²) >= 11 is 0. The van der Waals surface area contributed by atoms with Gasteiger partial charge in [0, 0.05) is 18.5 Å². The van der Waals surface area contributed by atoms with E-state index in [1.807, 2.05) is 36.4 Å². The second kappa shape index (κ2) is 10.2. The van der Waals surface area contributed by atoms with Crippen molar-refractivity contribution in [2.45, 2.75) is 12.3 Å². The molecule has 0 heterocycles. The minimum absolute atomic E-state index is 0.0707. The second-order valence-corrected chi connectivity index (χ2v) is 6.90. The normalized spacial score (nSPS) is 10.5. The van der Waals surface area contributed by atoms with Crippen molar-refractivity contribution < 1.29 is 19.2 Å². The second-order valence-electron chi connectivity index (χ2n) is 6.90. The van der Waals surface area contributed by atoms with Crippen LogP contribution in [0.1, 0.15) is 33.8 Å². The van der Waals surface area contributed by atoms with Crippen molar-refractivity contribution >= 4 is 11.6 Å². The van der Waals surface area contributed by atoms with Crippen molar-refractivity contribution in [3.05, 3.63) is 99.6 Å². The molecule has 3 aromatic rings. The number of nitro benzene ring substituents is 1. The zero-order valence-corrected chi connectivity index (χ0v) is 17.4. The Labute approximate surface area is 180 Å². The average molecular weight is 420 g/mol. The first-order valence-corrected chi connectivity index (χ1v) is 9.83. The molecule has 0 fully saturated rings. The Hall–Kier alpha value is -3.87. The van der Waals surface area contributed by atoms with Gasteiger partial charge in [-0.05, 0) is 17.5 Å². The van der Waals surface area contributed by atoms with E-state index < -0.39 is 10.8 Å². The van der Waals surface area contributed by atoms with Crippen LogP contribution in [0.15, 0.2) is 72.8 Å². The van der Waals surface area contributed by atoms with Crippen LogP contribution in [0.25, 0.3) is 0 Å². The topological polar surface area (TPSA) is 90.7 Å². The van der Waals surface area contributed by atoms with E-state index in [0.717, 1.165) is 11.1 Å². The summed E-state index contributed by atoms with van der Waals surface area (Å²) in [5.74, 6) is -0.000664. The molecule has 0 spiro atoms. The van der Waals surface area contributed by atoms with Gasteiger partial charge in [0.25, 0.3) is 11.6 Å². The number of nitrogens with one attached hydrogen (secondary N) is 1. The number of nitrogens with zero attached hydrogens (tertiary/aromatic N) is 1. The number of nitro groups is 1. The molecule has 0 saturated heterocycles. The molecule has 0 bridgehead atoms. The van der Waals surface area contributed by atoms with Crippen molar-refractivity contribution in [2.75, 3.05) is 20.8 Å². The zero-order valence-electron chi connectivity index (χ0n) is 17.4. The van der Waals surface area contributed by atoms with Gasteiger partial charge < -0.3 is 14.8 Å². The van der Waals surface area contributed by atoms with Gasteiger partial charge in [-0.2, -0.15) is 0 Å². The van der Waals surface area contributed by atoms with Gasteiger partial charge in [0.05, 0.1) is 25.2 Å². The van der Waals surface area contributed by atoms with Crippen LogP contribution < -0.4 is 14.8 Å². The first-order valence-electron chi connectivity index (χ1n) is 9.83. The van der Waals surface area contributed by atoms with Gasteiger partial charge in [0.1, 0.15) is 5.56 Å². The number of hydrogen-bond acceptors (Lipinski definition) is 5. The fraction of sp³-hybridized carbons (Fsp3) is 0.208. The molecule has 3 aromatic carbocycles. The number of carbonyl (C=O) groups excluding carboxylic acids is 1. The summed E-state index contributed by atoms with van der Waals surface area (Å²) < 4.78 is 10.3. The summed E-state index contributed by atoms with van der Waals surface area (Å²) in [7, 11) is 2.80. The third-order valence-electron chi connectivity index (χ3n) is 5.07. The highest BCUT2D eigenvalue weighted by Gasteiger charge is 2.24. The van der Waals surface area contributed by atoms with Crippen molar-refractivity contribution in [3.8, 4) is 11.5 Å². The number of ether oxygens (including phenoxy) is 2. The van der Waals surface area contributed by atoms with E-state index in [1.165, 1.54) is 26.4 Å². The van der Waals surface area contributed by atoms with Crippen LogP contribution in [-0.2, 0) is 0 Å². The van der Waals surface area contributed by atoms with Gasteiger partial charge in [0.2, 0.25) is 0 Å². The highest BCUT2D eigenvalue weighted by atomic mass is 16.6. The lowest BCUT2D eigenvalue weighted by Crippen LogP contribution is -2.26. The first-order chi connectivity index (χ1) is 15.0. The summed E-state index contributed by atoms with van der Waals surface area (Å²) in [6.45, 7) is 0.346. The predicted octanol–water partition coefficient (Wildman–Crippen LogP) is 4.56. The van der Waals surface area contributed by atoms with Gasteiger partial charge in [-0.3, -0.25) is 14.9 Å². The molecule has 31 heavy (non-hydrogen) atoms. The molecule has 7 heteroatoms. The molecule has 3 rings (SSSR count). The molecule has 1 N–H and O–H groups in total. The molecule has 0 aromatic heterocycles. The SMILES string of the molecule is COc1cc(C(=O)NCCC(c2ccccc2)c2ccccc2)c([N+](=O)[O-])cc1OC. The Morgan fingerprint density at radius 1 is 0.935 bits per heavy atom. The maximum atomic E-state index is 12.8. The molecule has 1 amide bonds. The number of carbonyl (C=O) groups is 1. The van der Waals surface area contributed by atoms with Gasteiger partial charge in [-0.15, -0.1) is 0 Å². The monoisotopic (exact) mass is 420 g/mol. The van der Waals surface area contributed by atoms with E-state index in [-0.39, 0.29) is 28.7 Å². The summed E-state index contributed by atoms with van der Waals surface area (Å²) in [6.07, 6.45) is 0.640. The minimum atomic E-state index is -0.604. The maximum absolute atomic E-state index is 12.8. The summed E-state index contributed by atoms with van der Waals surface area (Å²) in [4.78, 5) is 23.7. The Morgan fingerprint density at radius 3 is 1.94 bits per heavy atom. The largest absolute Gasteiger partial charge is 0.493 e. The summed E-state index contributed by atoms with van der Waals surface area (Å²) in [5, 5.41) is 14.3. The van der Waals surface area contributed by atoms with Crippen molar-refractivity contribution in [2.24, 2.45) is 0 Å². The fourth-order valence-corrected chi connectivity index (χ4v) is 3.52. The predicted molar refractivity (Wildman–Crippen MR) is 118 cm³/mol.